The maximum atomic E-state index is 12.2. The highest BCUT2D eigenvalue weighted by Gasteiger charge is 2.30. The van der Waals surface area contributed by atoms with Crippen LogP contribution in [-0.4, -0.2) is 55.2 Å². The lowest BCUT2D eigenvalue weighted by molar-refractivity contribution is -0.144. The molecule has 1 rings (SSSR count). The minimum absolute atomic E-state index is 0.123. The number of amides is 2. The van der Waals surface area contributed by atoms with Crippen molar-refractivity contribution in [2.24, 2.45) is 0 Å². The number of hydrogen-bond acceptors (Lipinski definition) is 5. The second kappa shape index (κ2) is 9.94. The third-order valence-electron chi connectivity index (χ3n) is 3.01. The van der Waals surface area contributed by atoms with E-state index in [4.69, 9.17) is 4.74 Å². The van der Waals surface area contributed by atoms with Gasteiger partial charge in [-0.1, -0.05) is 36.4 Å². The standard InChI is InChI=1S/C17H19N2O5/c1-3-24-16(22)11-19(17(23)18-2)14(12-20)15(21)10-9-13-7-5-4-6-8-13/h4-10,14H,3,11H2,1-2H3,(H,18,23). The molecule has 7 nitrogen and oxygen atoms in total. The number of benzene rings is 1. The van der Waals surface area contributed by atoms with Gasteiger partial charge in [0, 0.05) is 7.05 Å². The minimum atomic E-state index is -1.53. The van der Waals surface area contributed by atoms with Gasteiger partial charge in [0.05, 0.1) is 6.61 Å². The van der Waals surface area contributed by atoms with E-state index in [2.05, 4.69) is 5.32 Å². The largest absolute Gasteiger partial charge is 0.465 e. The third kappa shape index (κ3) is 5.68. The fourth-order valence-corrected chi connectivity index (χ4v) is 1.88. The van der Waals surface area contributed by atoms with Crippen LogP contribution < -0.4 is 5.32 Å². The maximum Gasteiger partial charge on any atom is 0.325 e. The second-order valence-corrected chi connectivity index (χ2v) is 4.65. The monoisotopic (exact) mass is 331 g/mol. The topological polar surface area (TPSA) is 92.8 Å². The smallest absolute Gasteiger partial charge is 0.325 e. The Balaban J connectivity index is 2.93. The molecule has 127 valence electrons. The average Bonchev–Trinajstić information content (AvgIpc) is 2.60. The van der Waals surface area contributed by atoms with E-state index >= 15 is 0 Å². The summed E-state index contributed by atoms with van der Waals surface area (Å²) in [5.41, 5.74) is 0.757. The molecule has 0 aliphatic carbocycles. The molecular formula is C17H19N2O5. The fraction of sp³-hybridized carbons (Fsp3) is 0.294. The molecular weight excluding hydrogens is 312 g/mol. The molecule has 1 unspecified atom stereocenters. The molecule has 24 heavy (non-hydrogen) atoms. The predicted octanol–water partition coefficient (Wildman–Crippen LogP) is 0.952. The highest BCUT2D eigenvalue weighted by atomic mass is 16.5. The Morgan fingerprint density at radius 3 is 2.50 bits per heavy atom. The molecule has 0 heterocycles. The maximum absolute atomic E-state index is 12.2. The fourth-order valence-electron chi connectivity index (χ4n) is 1.88. The molecule has 0 fully saturated rings. The minimum Gasteiger partial charge on any atom is -0.465 e. The molecule has 1 radical (unpaired) electrons. The van der Waals surface area contributed by atoms with Gasteiger partial charge in [0.2, 0.25) is 6.29 Å². The van der Waals surface area contributed by atoms with E-state index in [0.29, 0.717) is 0 Å². The number of ether oxygens (including phenoxy) is 1. The lowest BCUT2D eigenvalue weighted by atomic mass is 10.1. The summed E-state index contributed by atoms with van der Waals surface area (Å²) in [7, 11) is 1.33. The van der Waals surface area contributed by atoms with E-state index in [9.17, 15) is 19.2 Å². The zero-order chi connectivity index (χ0) is 17.9. The van der Waals surface area contributed by atoms with Gasteiger partial charge in [0.1, 0.15) is 6.54 Å². The molecule has 0 spiro atoms. The molecule has 1 N–H and O–H groups in total. The van der Waals surface area contributed by atoms with Crippen molar-refractivity contribution in [3.8, 4) is 0 Å². The Hall–Kier alpha value is -2.96. The van der Waals surface area contributed by atoms with Crippen LogP contribution in [0.15, 0.2) is 36.4 Å². The predicted molar refractivity (Wildman–Crippen MR) is 87.8 cm³/mol. The van der Waals surface area contributed by atoms with Crippen molar-refractivity contribution in [2.75, 3.05) is 20.2 Å². The molecule has 7 heteroatoms. The molecule has 1 aromatic rings. The number of rotatable bonds is 8. The first kappa shape index (κ1) is 19.1. The molecule has 0 aromatic heterocycles. The van der Waals surface area contributed by atoms with Gasteiger partial charge < -0.3 is 10.1 Å². The molecule has 0 saturated heterocycles. The summed E-state index contributed by atoms with van der Waals surface area (Å²) in [6.07, 6.45) is 4.19. The van der Waals surface area contributed by atoms with Crippen LogP contribution >= 0.6 is 0 Å². The number of nitrogens with zero attached hydrogens (tertiary/aromatic N) is 1. The normalized spacial score (nSPS) is 11.6. The van der Waals surface area contributed by atoms with E-state index in [1.807, 2.05) is 6.07 Å². The van der Waals surface area contributed by atoms with E-state index in [0.717, 1.165) is 10.5 Å². The van der Waals surface area contributed by atoms with Gasteiger partial charge in [-0.3, -0.25) is 19.3 Å². The Labute approximate surface area is 140 Å². The Bertz CT molecular complexity index is 613. The van der Waals surface area contributed by atoms with Gasteiger partial charge >= 0.3 is 12.0 Å². The first-order valence-corrected chi connectivity index (χ1v) is 7.32. The van der Waals surface area contributed by atoms with Crippen LogP contribution in [0.5, 0.6) is 0 Å². The average molecular weight is 331 g/mol. The Morgan fingerprint density at radius 2 is 1.96 bits per heavy atom. The van der Waals surface area contributed by atoms with Gasteiger partial charge in [-0.2, -0.15) is 0 Å². The molecule has 0 bridgehead atoms. The van der Waals surface area contributed by atoms with Crippen LogP contribution in [-0.2, 0) is 19.1 Å². The number of ketones is 1. The van der Waals surface area contributed by atoms with Crippen molar-refractivity contribution in [3.63, 3.8) is 0 Å². The van der Waals surface area contributed by atoms with Gasteiger partial charge in [-0.05, 0) is 18.6 Å². The summed E-state index contributed by atoms with van der Waals surface area (Å²) in [6.45, 7) is 1.20. The summed E-state index contributed by atoms with van der Waals surface area (Å²) < 4.78 is 4.75. The molecule has 0 aliphatic heterocycles. The zero-order valence-corrected chi connectivity index (χ0v) is 13.5. The molecule has 1 atom stereocenters. The van der Waals surface area contributed by atoms with Crippen LogP contribution in [0.25, 0.3) is 6.08 Å². The second-order valence-electron chi connectivity index (χ2n) is 4.65. The van der Waals surface area contributed by atoms with Crippen LogP contribution in [0.1, 0.15) is 12.5 Å². The van der Waals surface area contributed by atoms with E-state index in [1.54, 1.807) is 31.2 Å². The molecule has 0 saturated carbocycles. The first-order chi connectivity index (χ1) is 11.5. The van der Waals surface area contributed by atoms with Crippen molar-refractivity contribution in [2.45, 2.75) is 13.0 Å². The Morgan fingerprint density at radius 1 is 1.29 bits per heavy atom. The summed E-state index contributed by atoms with van der Waals surface area (Å²) in [6, 6.07) is 6.69. The van der Waals surface area contributed by atoms with E-state index in [-0.39, 0.29) is 6.61 Å². The number of carbonyl (C=O) groups excluding carboxylic acids is 4. The summed E-state index contributed by atoms with van der Waals surface area (Å²) in [4.78, 5) is 47.7. The first-order valence-electron chi connectivity index (χ1n) is 7.32. The Kier molecular flexibility index (Phi) is 7.90. The van der Waals surface area contributed by atoms with Gasteiger partial charge in [-0.25, -0.2) is 4.79 Å². The SMILES string of the molecule is CCOC(=O)CN(C(=O)NC)C([C]=O)C(=O)C=Cc1ccccc1. The third-order valence-corrected chi connectivity index (χ3v) is 3.01. The molecule has 0 aliphatic rings. The van der Waals surface area contributed by atoms with E-state index < -0.39 is 30.4 Å². The summed E-state index contributed by atoms with van der Waals surface area (Å²) >= 11 is 0. The van der Waals surface area contributed by atoms with Gasteiger partial charge in [-0.15, -0.1) is 0 Å². The van der Waals surface area contributed by atoms with Crippen molar-refractivity contribution >= 4 is 30.1 Å². The van der Waals surface area contributed by atoms with Crippen LogP contribution in [0, 0.1) is 0 Å². The quantitative estimate of drug-likeness (QED) is 0.435. The van der Waals surface area contributed by atoms with Crippen molar-refractivity contribution < 1.29 is 23.9 Å². The lowest BCUT2D eigenvalue weighted by Gasteiger charge is -2.24. The number of esters is 1. The lowest BCUT2D eigenvalue weighted by Crippen LogP contribution is -2.51. The van der Waals surface area contributed by atoms with Crippen molar-refractivity contribution in [1.29, 1.82) is 0 Å². The summed E-state index contributed by atoms with van der Waals surface area (Å²) in [5.74, 6) is -1.39. The van der Waals surface area contributed by atoms with E-state index in [1.165, 1.54) is 25.5 Å². The molecule has 2 amide bonds. The van der Waals surface area contributed by atoms with Crippen molar-refractivity contribution in [1.82, 2.24) is 10.2 Å². The number of nitrogens with one attached hydrogen (secondary N) is 1. The zero-order valence-electron chi connectivity index (χ0n) is 13.5. The van der Waals surface area contributed by atoms with Crippen LogP contribution in [0.4, 0.5) is 4.79 Å². The number of hydrogen-bond donors (Lipinski definition) is 1. The molecule has 1 aromatic carbocycles. The highest BCUT2D eigenvalue weighted by Crippen LogP contribution is 2.06. The van der Waals surface area contributed by atoms with Gasteiger partial charge in [0.25, 0.3) is 0 Å². The van der Waals surface area contributed by atoms with Crippen LogP contribution in [0.3, 0.4) is 0 Å². The number of urea groups is 1. The van der Waals surface area contributed by atoms with Gasteiger partial charge in [0.15, 0.2) is 11.8 Å². The van der Waals surface area contributed by atoms with Crippen molar-refractivity contribution in [3.05, 3.63) is 42.0 Å². The number of carbonyl (C=O) groups is 3. The summed E-state index contributed by atoms with van der Waals surface area (Å²) in [5, 5.41) is 2.28. The van der Waals surface area contributed by atoms with Crippen LogP contribution in [0.2, 0.25) is 0 Å². The highest BCUT2D eigenvalue weighted by molar-refractivity contribution is 6.08.